The molecule has 3 rings (SSSR count). The summed E-state index contributed by atoms with van der Waals surface area (Å²) in [5.41, 5.74) is -0.0172. The number of sulfonamides is 1. The van der Waals surface area contributed by atoms with E-state index in [4.69, 9.17) is 4.74 Å². The number of alkyl halides is 2. The van der Waals surface area contributed by atoms with Crippen molar-refractivity contribution < 1.29 is 40.7 Å². The van der Waals surface area contributed by atoms with E-state index < -0.39 is 40.9 Å². The van der Waals surface area contributed by atoms with Gasteiger partial charge in [0.25, 0.3) is 15.9 Å². The first-order valence-electron chi connectivity index (χ1n) is 9.53. The SMILES string of the molecule is O=C(COC(=O)c1ccccc1NS(=O)(=O)c1ccc(F)cc1)Nc1ccc(OC(F)F)cc1. The third kappa shape index (κ3) is 6.72. The van der Waals surface area contributed by atoms with E-state index in [2.05, 4.69) is 14.8 Å². The van der Waals surface area contributed by atoms with Crippen molar-refractivity contribution in [3.8, 4) is 5.75 Å². The molecule has 1 amide bonds. The molecule has 0 atom stereocenters. The van der Waals surface area contributed by atoms with Gasteiger partial charge in [0.2, 0.25) is 0 Å². The first kappa shape index (κ1) is 24.6. The van der Waals surface area contributed by atoms with Crippen LogP contribution >= 0.6 is 0 Å². The smallest absolute Gasteiger partial charge is 0.387 e. The zero-order valence-electron chi connectivity index (χ0n) is 17.2. The molecule has 12 heteroatoms. The zero-order chi connectivity index (χ0) is 24.7. The summed E-state index contributed by atoms with van der Waals surface area (Å²) in [4.78, 5) is 24.3. The minimum atomic E-state index is -4.13. The first-order chi connectivity index (χ1) is 16.1. The summed E-state index contributed by atoms with van der Waals surface area (Å²) in [5.74, 6) is -2.41. The molecule has 0 saturated heterocycles. The lowest BCUT2D eigenvalue weighted by Gasteiger charge is -2.12. The Morgan fingerprint density at radius 2 is 1.56 bits per heavy atom. The van der Waals surface area contributed by atoms with E-state index in [-0.39, 0.29) is 27.6 Å². The van der Waals surface area contributed by atoms with Crippen LogP contribution in [0.3, 0.4) is 0 Å². The number of benzene rings is 3. The van der Waals surface area contributed by atoms with Gasteiger partial charge in [-0.05, 0) is 60.7 Å². The third-order valence-corrected chi connectivity index (χ3v) is 5.59. The van der Waals surface area contributed by atoms with E-state index in [0.717, 1.165) is 24.3 Å². The summed E-state index contributed by atoms with van der Waals surface area (Å²) in [7, 11) is -4.13. The van der Waals surface area contributed by atoms with E-state index in [1.165, 1.54) is 48.5 Å². The Bertz CT molecular complexity index is 1270. The number of para-hydroxylation sites is 1. The highest BCUT2D eigenvalue weighted by Crippen LogP contribution is 2.22. The standard InChI is InChI=1S/C22H17F3N2O6S/c23-14-5-11-17(12-6-14)34(30,31)27-19-4-2-1-3-18(19)21(29)32-13-20(28)26-15-7-9-16(10-8-15)33-22(24)25/h1-12,22,27H,13H2,(H,26,28). The second kappa shape index (κ2) is 10.7. The maximum absolute atomic E-state index is 13.1. The summed E-state index contributed by atoms with van der Waals surface area (Å²) in [5, 5.41) is 2.41. The largest absolute Gasteiger partial charge is 0.452 e. The van der Waals surface area contributed by atoms with Gasteiger partial charge in [0.1, 0.15) is 11.6 Å². The lowest BCUT2D eigenvalue weighted by atomic mass is 10.2. The van der Waals surface area contributed by atoms with Gasteiger partial charge in [0.15, 0.2) is 6.61 Å². The molecule has 0 aliphatic carbocycles. The van der Waals surface area contributed by atoms with Crippen LogP contribution in [-0.2, 0) is 19.6 Å². The van der Waals surface area contributed by atoms with Crippen molar-refractivity contribution in [2.75, 3.05) is 16.6 Å². The molecule has 3 aromatic carbocycles. The average molecular weight is 494 g/mol. The predicted octanol–water partition coefficient (Wildman–Crippen LogP) is 4.02. The van der Waals surface area contributed by atoms with Crippen molar-refractivity contribution in [1.29, 1.82) is 0 Å². The third-order valence-electron chi connectivity index (χ3n) is 4.21. The van der Waals surface area contributed by atoms with Gasteiger partial charge in [-0.15, -0.1) is 0 Å². The van der Waals surface area contributed by atoms with Crippen LogP contribution in [0, 0.1) is 5.82 Å². The maximum Gasteiger partial charge on any atom is 0.387 e. The van der Waals surface area contributed by atoms with Gasteiger partial charge in [-0.3, -0.25) is 9.52 Å². The molecule has 0 radical (unpaired) electrons. The number of halogens is 3. The number of anilines is 2. The van der Waals surface area contributed by atoms with E-state index >= 15 is 0 Å². The van der Waals surface area contributed by atoms with Gasteiger partial charge >= 0.3 is 12.6 Å². The molecule has 0 spiro atoms. The first-order valence-corrected chi connectivity index (χ1v) is 11.0. The normalized spacial score (nSPS) is 11.1. The van der Waals surface area contributed by atoms with Crippen LogP contribution in [0.2, 0.25) is 0 Å². The summed E-state index contributed by atoms with van der Waals surface area (Å²) >= 11 is 0. The topological polar surface area (TPSA) is 111 Å². The second-order valence-corrected chi connectivity index (χ2v) is 8.31. The minimum absolute atomic E-state index is 0.0980. The molecule has 3 aromatic rings. The molecule has 0 heterocycles. The fourth-order valence-electron chi connectivity index (χ4n) is 2.69. The molecule has 0 saturated carbocycles. The summed E-state index contributed by atoms with van der Waals surface area (Å²) in [6, 6.07) is 14.7. The minimum Gasteiger partial charge on any atom is -0.452 e. The van der Waals surface area contributed by atoms with E-state index in [1.54, 1.807) is 0 Å². The number of hydrogen-bond acceptors (Lipinski definition) is 6. The lowest BCUT2D eigenvalue weighted by Crippen LogP contribution is -2.22. The van der Waals surface area contributed by atoms with Crippen LogP contribution in [0.1, 0.15) is 10.4 Å². The van der Waals surface area contributed by atoms with Crippen molar-refractivity contribution >= 4 is 33.3 Å². The zero-order valence-corrected chi connectivity index (χ0v) is 18.0. The Morgan fingerprint density at radius 1 is 0.912 bits per heavy atom. The molecule has 0 fully saturated rings. The Hall–Kier alpha value is -4.06. The van der Waals surface area contributed by atoms with Gasteiger partial charge < -0.3 is 14.8 Å². The molecule has 0 bridgehead atoms. The quantitative estimate of drug-likeness (QED) is 0.435. The van der Waals surface area contributed by atoms with Crippen LogP contribution in [0.25, 0.3) is 0 Å². The molecule has 0 aliphatic rings. The van der Waals surface area contributed by atoms with Crippen LogP contribution in [0.5, 0.6) is 5.75 Å². The fraction of sp³-hybridized carbons (Fsp3) is 0.0909. The van der Waals surface area contributed by atoms with E-state index in [0.29, 0.717) is 0 Å². The van der Waals surface area contributed by atoms with Crippen LogP contribution in [0.15, 0.2) is 77.7 Å². The number of esters is 1. The van der Waals surface area contributed by atoms with Gasteiger partial charge in [0.05, 0.1) is 16.1 Å². The number of ether oxygens (including phenoxy) is 2. The highest BCUT2D eigenvalue weighted by atomic mass is 32.2. The van der Waals surface area contributed by atoms with E-state index in [1.807, 2.05) is 0 Å². The molecule has 8 nitrogen and oxygen atoms in total. The van der Waals surface area contributed by atoms with Crippen LogP contribution in [-0.4, -0.2) is 33.5 Å². The summed E-state index contributed by atoms with van der Waals surface area (Å²) < 4.78 is 73.9. The van der Waals surface area contributed by atoms with Crippen molar-refractivity contribution in [1.82, 2.24) is 0 Å². The van der Waals surface area contributed by atoms with Crippen LogP contribution in [0.4, 0.5) is 24.5 Å². The maximum atomic E-state index is 13.1. The molecule has 0 aromatic heterocycles. The fourth-order valence-corrected chi connectivity index (χ4v) is 3.77. The summed E-state index contributed by atoms with van der Waals surface area (Å²) in [6.45, 7) is -3.68. The Balaban J connectivity index is 1.62. The van der Waals surface area contributed by atoms with Gasteiger partial charge in [-0.25, -0.2) is 17.6 Å². The number of carbonyl (C=O) groups excluding carboxylic acids is 2. The molecule has 2 N–H and O–H groups in total. The van der Waals surface area contributed by atoms with Gasteiger partial charge in [-0.2, -0.15) is 8.78 Å². The number of rotatable bonds is 9. The van der Waals surface area contributed by atoms with Crippen molar-refractivity contribution in [3.05, 3.63) is 84.2 Å². The van der Waals surface area contributed by atoms with Gasteiger partial charge in [0, 0.05) is 5.69 Å². The second-order valence-electron chi connectivity index (χ2n) is 6.63. The van der Waals surface area contributed by atoms with Crippen molar-refractivity contribution in [2.45, 2.75) is 11.5 Å². The molecule has 0 aliphatic heterocycles. The molecular weight excluding hydrogens is 477 g/mol. The molecule has 0 unspecified atom stereocenters. The lowest BCUT2D eigenvalue weighted by molar-refractivity contribution is -0.119. The summed E-state index contributed by atoms with van der Waals surface area (Å²) in [6.07, 6.45) is 0. The van der Waals surface area contributed by atoms with Crippen molar-refractivity contribution in [3.63, 3.8) is 0 Å². The predicted molar refractivity (Wildman–Crippen MR) is 116 cm³/mol. The number of amides is 1. The Kier molecular flexibility index (Phi) is 7.74. The van der Waals surface area contributed by atoms with Gasteiger partial charge in [-0.1, -0.05) is 12.1 Å². The Morgan fingerprint density at radius 3 is 2.21 bits per heavy atom. The van der Waals surface area contributed by atoms with Crippen molar-refractivity contribution in [2.24, 2.45) is 0 Å². The number of nitrogens with one attached hydrogen (secondary N) is 2. The molecular formula is C22H17F3N2O6S. The average Bonchev–Trinajstić information content (AvgIpc) is 2.79. The van der Waals surface area contributed by atoms with E-state index in [9.17, 15) is 31.2 Å². The molecule has 178 valence electrons. The van der Waals surface area contributed by atoms with Crippen LogP contribution < -0.4 is 14.8 Å². The highest BCUT2D eigenvalue weighted by molar-refractivity contribution is 7.92. The molecule has 34 heavy (non-hydrogen) atoms. The number of hydrogen-bond donors (Lipinski definition) is 2. The monoisotopic (exact) mass is 494 g/mol. The Labute approximate surface area is 192 Å². The highest BCUT2D eigenvalue weighted by Gasteiger charge is 2.20. The number of carbonyl (C=O) groups is 2.